The first kappa shape index (κ1) is 29.6. The Labute approximate surface area is 247 Å². The molecule has 4 aromatic rings. The molecule has 0 saturated carbocycles. The summed E-state index contributed by atoms with van der Waals surface area (Å²) in [6.45, 7) is 0.0361. The summed E-state index contributed by atoms with van der Waals surface area (Å²) in [5.74, 6) is -5.66. The van der Waals surface area contributed by atoms with Crippen LogP contribution in [0.25, 0.3) is 0 Å². The summed E-state index contributed by atoms with van der Waals surface area (Å²) in [7, 11) is 2.66. The molecule has 12 heteroatoms. The summed E-state index contributed by atoms with van der Waals surface area (Å²) < 4.78 is 73.0. The molecule has 0 fully saturated rings. The van der Waals surface area contributed by atoms with Crippen LogP contribution in [0.15, 0.2) is 84.0 Å². The Kier molecular flexibility index (Phi) is 8.67. The summed E-state index contributed by atoms with van der Waals surface area (Å²) >= 11 is 1.06. The third-order valence-electron chi connectivity index (χ3n) is 6.39. The molecule has 7 nitrogen and oxygen atoms in total. The number of halogens is 4. The number of esters is 1. The number of hydrazone groups is 1. The maximum atomic E-state index is 14.7. The van der Waals surface area contributed by atoms with E-state index in [9.17, 15) is 27.2 Å². The van der Waals surface area contributed by atoms with E-state index in [1.807, 2.05) is 0 Å². The highest BCUT2D eigenvalue weighted by molar-refractivity contribution is 8.14. The lowest BCUT2D eigenvalue weighted by atomic mass is 10.1. The van der Waals surface area contributed by atoms with Crippen molar-refractivity contribution in [2.45, 2.75) is 12.0 Å². The zero-order valence-corrected chi connectivity index (χ0v) is 23.5. The van der Waals surface area contributed by atoms with Crippen LogP contribution >= 0.6 is 11.8 Å². The number of rotatable bonds is 8. The monoisotopic (exact) mass is 610 g/mol. The van der Waals surface area contributed by atoms with Gasteiger partial charge in [-0.05, 0) is 48.0 Å². The molecule has 1 heterocycles. The predicted octanol–water partition coefficient (Wildman–Crippen LogP) is 6.87. The molecule has 5 rings (SSSR count). The van der Waals surface area contributed by atoms with Crippen molar-refractivity contribution in [3.63, 3.8) is 0 Å². The fourth-order valence-electron chi connectivity index (χ4n) is 4.38. The van der Waals surface area contributed by atoms with Gasteiger partial charge in [-0.3, -0.25) is 4.79 Å². The molecule has 220 valence electrons. The zero-order valence-electron chi connectivity index (χ0n) is 22.6. The van der Waals surface area contributed by atoms with Crippen LogP contribution in [0.2, 0.25) is 0 Å². The zero-order chi connectivity index (χ0) is 30.7. The Morgan fingerprint density at radius 1 is 0.884 bits per heavy atom. The van der Waals surface area contributed by atoms with Gasteiger partial charge >= 0.3 is 5.97 Å². The van der Waals surface area contributed by atoms with E-state index in [1.165, 1.54) is 38.5 Å². The van der Waals surface area contributed by atoms with Crippen molar-refractivity contribution in [2.24, 2.45) is 5.10 Å². The molecule has 43 heavy (non-hydrogen) atoms. The van der Waals surface area contributed by atoms with Crippen LogP contribution in [-0.4, -0.2) is 36.1 Å². The van der Waals surface area contributed by atoms with Gasteiger partial charge in [0, 0.05) is 23.3 Å². The Morgan fingerprint density at radius 2 is 1.58 bits per heavy atom. The number of ether oxygens (including phenoxy) is 3. The second kappa shape index (κ2) is 12.6. The minimum absolute atomic E-state index is 0.0361. The van der Waals surface area contributed by atoms with Gasteiger partial charge in [0.1, 0.15) is 45.9 Å². The van der Waals surface area contributed by atoms with Crippen LogP contribution < -0.4 is 9.47 Å². The number of nitrogens with zero attached hydrogens (tertiary/aromatic N) is 2. The van der Waals surface area contributed by atoms with Crippen molar-refractivity contribution >= 4 is 28.7 Å². The molecule has 4 aromatic carbocycles. The van der Waals surface area contributed by atoms with Gasteiger partial charge in [0.25, 0.3) is 5.91 Å². The maximum absolute atomic E-state index is 14.7. The molecule has 1 amide bonds. The van der Waals surface area contributed by atoms with Gasteiger partial charge in [0.2, 0.25) is 0 Å². The van der Waals surface area contributed by atoms with Crippen LogP contribution in [-0.2, 0) is 11.3 Å². The summed E-state index contributed by atoms with van der Waals surface area (Å²) in [5.41, 5.74) is 0.820. The van der Waals surface area contributed by atoms with Gasteiger partial charge < -0.3 is 14.2 Å². The van der Waals surface area contributed by atoms with Crippen LogP contribution in [0.4, 0.5) is 17.6 Å². The molecular weight excluding hydrogens is 588 g/mol. The molecule has 0 spiro atoms. The van der Waals surface area contributed by atoms with Gasteiger partial charge in [0.15, 0.2) is 11.5 Å². The van der Waals surface area contributed by atoms with E-state index >= 15 is 0 Å². The number of hydrogen-bond acceptors (Lipinski definition) is 7. The van der Waals surface area contributed by atoms with E-state index in [0.717, 1.165) is 16.8 Å². The van der Waals surface area contributed by atoms with E-state index in [-0.39, 0.29) is 23.1 Å². The Hall–Kier alpha value is -4.84. The number of amides is 1. The standard InChI is InChI=1S/C31H22F4N2O5S/c1-40-27-22(7-4-8-25(27)42-16-17-5-3-6-19(13-17)31(39)41-2)30-37(29(38)26-23(34)14-21(33)15-24(26)35)36-28(43-30)18-9-11-20(32)12-10-18/h3-15,30H,16H2,1-2H3. The molecule has 0 bridgehead atoms. The lowest BCUT2D eigenvalue weighted by molar-refractivity contribution is 0.0600. The minimum atomic E-state index is -1.39. The van der Waals surface area contributed by atoms with E-state index in [1.54, 1.807) is 42.5 Å². The van der Waals surface area contributed by atoms with Crippen molar-refractivity contribution in [2.75, 3.05) is 14.2 Å². The van der Waals surface area contributed by atoms with Crippen molar-refractivity contribution in [1.29, 1.82) is 0 Å². The highest BCUT2D eigenvalue weighted by Gasteiger charge is 2.39. The molecule has 0 aliphatic carbocycles. The second-order valence-corrected chi connectivity index (χ2v) is 10.2. The van der Waals surface area contributed by atoms with E-state index in [2.05, 4.69) is 5.10 Å². The average molecular weight is 611 g/mol. The number of hydrogen-bond donors (Lipinski definition) is 0. The van der Waals surface area contributed by atoms with Gasteiger partial charge in [-0.2, -0.15) is 5.10 Å². The first-order valence-electron chi connectivity index (χ1n) is 12.7. The van der Waals surface area contributed by atoms with Crippen LogP contribution in [0.3, 0.4) is 0 Å². The highest BCUT2D eigenvalue weighted by Crippen LogP contribution is 2.48. The number of carbonyl (C=O) groups is 2. The van der Waals surface area contributed by atoms with Crippen molar-refractivity contribution < 1.29 is 41.4 Å². The summed E-state index contributed by atoms with van der Waals surface area (Å²) in [6.07, 6.45) is 0. The summed E-state index contributed by atoms with van der Waals surface area (Å²) in [4.78, 5) is 25.5. The van der Waals surface area contributed by atoms with Crippen molar-refractivity contribution in [3.8, 4) is 11.5 Å². The molecule has 1 unspecified atom stereocenters. The number of benzene rings is 4. The third kappa shape index (κ3) is 6.19. The van der Waals surface area contributed by atoms with Crippen LogP contribution in [0, 0.1) is 23.3 Å². The molecule has 0 N–H and O–H groups in total. The Morgan fingerprint density at radius 3 is 2.26 bits per heavy atom. The SMILES string of the molecule is COC(=O)c1cccc(COc2cccc(C3SC(c4ccc(F)cc4)=NN3C(=O)c3c(F)cc(F)cc3F)c2OC)c1. The van der Waals surface area contributed by atoms with Gasteiger partial charge in [0.05, 0.1) is 19.8 Å². The highest BCUT2D eigenvalue weighted by atomic mass is 32.2. The molecule has 0 aromatic heterocycles. The smallest absolute Gasteiger partial charge is 0.337 e. The van der Waals surface area contributed by atoms with E-state index < -0.39 is 46.1 Å². The number of para-hydroxylation sites is 1. The fraction of sp³-hybridized carbons (Fsp3) is 0.129. The van der Waals surface area contributed by atoms with Crippen LogP contribution in [0.1, 0.15) is 42.8 Å². The predicted molar refractivity (Wildman–Crippen MR) is 151 cm³/mol. The van der Waals surface area contributed by atoms with E-state index in [0.29, 0.717) is 34.4 Å². The third-order valence-corrected chi connectivity index (χ3v) is 7.60. The normalized spacial score (nSPS) is 14.3. The van der Waals surface area contributed by atoms with Gasteiger partial charge in [-0.15, -0.1) is 0 Å². The maximum Gasteiger partial charge on any atom is 0.337 e. The van der Waals surface area contributed by atoms with Gasteiger partial charge in [-0.1, -0.05) is 36.0 Å². The number of carbonyl (C=O) groups excluding carboxylic acids is 2. The first-order chi connectivity index (χ1) is 20.7. The molecule has 1 aliphatic rings. The van der Waals surface area contributed by atoms with Crippen molar-refractivity contribution in [1.82, 2.24) is 5.01 Å². The lowest BCUT2D eigenvalue weighted by Crippen LogP contribution is -2.28. The number of methoxy groups -OCH3 is 2. The largest absolute Gasteiger partial charge is 0.492 e. The first-order valence-corrected chi connectivity index (χ1v) is 13.5. The Balaban J connectivity index is 1.52. The molecule has 1 atom stereocenters. The molecule has 0 radical (unpaired) electrons. The Bertz CT molecular complexity index is 1710. The number of thioether (sulfide) groups is 1. The topological polar surface area (TPSA) is 77.4 Å². The molecule has 0 saturated heterocycles. The molecular formula is C31H22F4N2O5S. The molecule has 1 aliphatic heterocycles. The lowest BCUT2D eigenvalue weighted by Gasteiger charge is -2.24. The average Bonchev–Trinajstić information content (AvgIpc) is 3.44. The van der Waals surface area contributed by atoms with Crippen molar-refractivity contribution in [3.05, 3.63) is 130 Å². The van der Waals surface area contributed by atoms with Crippen LogP contribution in [0.5, 0.6) is 11.5 Å². The summed E-state index contributed by atoms with van der Waals surface area (Å²) in [6, 6.07) is 17.7. The minimum Gasteiger partial charge on any atom is -0.492 e. The van der Waals surface area contributed by atoms with E-state index in [4.69, 9.17) is 14.2 Å². The second-order valence-electron chi connectivity index (χ2n) is 9.14. The quantitative estimate of drug-likeness (QED) is 0.160. The van der Waals surface area contributed by atoms with Gasteiger partial charge in [-0.25, -0.2) is 27.4 Å². The summed E-state index contributed by atoms with van der Waals surface area (Å²) in [5, 5.41) is 4.44. The fourth-order valence-corrected chi connectivity index (χ4v) is 5.56.